The van der Waals surface area contributed by atoms with Gasteiger partial charge in [0.1, 0.15) is 11.6 Å². The van der Waals surface area contributed by atoms with Gasteiger partial charge < -0.3 is 19.3 Å². The number of rotatable bonds is 9. The maximum absolute atomic E-state index is 13.0. The first-order valence-corrected chi connectivity index (χ1v) is 14.9. The Kier molecular flexibility index (Phi) is 10.7. The van der Waals surface area contributed by atoms with Crippen molar-refractivity contribution in [1.29, 1.82) is 0 Å². The molecular formula is C31H40N6O6. The summed E-state index contributed by atoms with van der Waals surface area (Å²) < 4.78 is 11.5. The molecule has 3 aliphatic rings. The van der Waals surface area contributed by atoms with Crippen LogP contribution in [0.4, 0.5) is 4.79 Å². The van der Waals surface area contributed by atoms with Gasteiger partial charge in [0.2, 0.25) is 11.8 Å². The van der Waals surface area contributed by atoms with Crippen molar-refractivity contribution < 1.29 is 28.7 Å². The number of hydrogen-bond acceptors (Lipinski definition) is 7. The van der Waals surface area contributed by atoms with Crippen LogP contribution in [-0.4, -0.2) is 77.1 Å². The predicted molar refractivity (Wildman–Crippen MR) is 158 cm³/mol. The second kappa shape index (κ2) is 14.4. The van der Waals surface area contributed by atoms with E-state index in [9.17, 15) is 19.2 Å². The van der Waals surface area contributed by atoms with Gasteiger partial charge >= 0.3 is 6.09 Å². The third-order valence-corrected chi connectivity index (χ3v) is 7.81. The van der Waals surface area contributed by atoms with E-state index in [1.165, 1.54) is 4.90 Å². The normalized spacial score (nSPS) is 21.7. The molecule has 1 saturated carbocycles. The van der Waals surface area contributed by atoms with Crippen molar-refractivity contribution >= 4 is 23.8 Å². The fourth-order valence-corrected chi connectivity index (χ4v) is 5.72. The van der Waals surface area contributed by atoms with Gasteiger partial charge in [-0.05, 0) is 82.5 Å². The van der Waals surface area contributed by atoms with Gasteiger partial charge in [0.05, 0.1) is 6.61 Å². The number of imide groups is 1. The second-order valence-electron chi connectivity index (χ2n) is 12.1. The van der Waals surface area contributed by atoms with E-state index in [0.29, 0.717) is 44.6 Å². The first-order valence-electron chi connectivity index (χ1n) is 14.9. The molecule has 43 heavy (non-hydrogen) atoms. The predicted octanol–water partition coefficient (Wildman–Crippen LogP) is 4.45. The first-order chi connectivity index (χ1) is 20.6. The number of carbonyl (C=O) groups is 4. The number of hydrogen-bond donors (Lipinski definition) is 1. The number of amides is 4. The van der Waals surface area contributed by atoms with Gasteiger partial charge in [-0.3, -0.25) is 19.7 Å². The van der Waals surface area contributed by atoms with Gasteiger partial charge in [0, 0.05) is 60.7 Å². The van der Waals surface area contributed by atoms with Gasteiger partial charge in [-0.1, -0.05) is 23.0 Å². The summed E-state index contributed by atoms with van der Waals surface area (Å²) in [7, 11) is 0. The van der Waals surface area contributed by atoms with Gasteiger partial charge in [-0.25, -0.2) is 4.79 Å². The van der Waals surface area contributed by atoms with Crippen LogP contribution in [0.3, 0.4) is 0 Å². The van der Waals surface area contributed by atoms with Crippen molar-refractivity contribution in [3.8, 4) is 11.8 Å². The Hall–Kier alpha value is -4.07. The number of ether oxygens (including phenoxy) is 2. The minimum Gasteiger partial charge on any atom is -0.444 e. The van der Waals surface area contributed by atoms with E-state index in [4.69, 9.17) is 15.0 Å². The Labute approximate surface area is 252 Å². The van der Waals surface area contributed by atoms with E-state index in [-0.39, 0.29) is 43.0 Å². The molecular weight excluding hydrogens is 552 g/mol. The first kappa shape index (κ1) is 31.9. The molecule has 1 unspecified atom stereocenters. The third-order valence-electron chi connectivity index (χ3n) is 7.81. The minimum absolute atomic E-state index is 0.0205. The molecule has 12 nitrogen and oxygen atoms in total. The fraction of sp³-hybridized carbons (Fsp3) is 0.613. The van der Waals surface area contributed by atoms with Crippen LogP contribution in [-0.2, 0) is 25.6 Å². The molecule has 0 spiro atoms. The van der Waals surface area contributed by atoms with Crippen molar-refractivity contribution in [1.82, 2.24) is 15.1 Å². The topological polar surface area (TPSA) is 154 Å². The van der Waals surface area contributed by atoms with Crippen LogP contribution in [0.15, 0.2) is 23.3 Å². The van der Waals surface area contributed by atoms with Gasteiger partial charge in [0.25, 0.3) is 5.91 Å². The average Bonchev–Trinajstić information content (AvgIpc) is 3.28. The molecule has 2 aliphatic heterocycles. The Bertz CT molecular complexity index is 1330. The molecule has 2 heterocycles. The van der Waals surface area contributed by atoms with E-state index in [0.717, 1.165) is 36.8 Å². The lowest BCUT2D eigenvalue weighted by Gasteiger charge is -2.37. The number of carbonyl (C=O) groups excluding carboxylic acids is 4. The molecule has 0 aromatic heterocycles. The van der Waals surface area contributed by atoms with Crippen LogP contribution in [0.1, 0.15) is 93.6 Å². The quantitative estimate of drug-likeness (QED) is 0.112. The standard InChI is InChI=1S/C31H40N6O6/c1-31(2,3)43-30(41)36(23-13-11-22(12-14-23)34-35-32)17-7-19-42-18-5-4-8-21-9-6-10-24-25(21)20-37(29(24)40)26-15-16-27(38)33-28(26)39/h6,9-10,22-23,26H,5,7,11-20H2,1-3H3,(H,33,38,39)/t22-,23+,26?. The van der Waals surface area contributed by atoms with Crippen LogP contribution in [0.25, 0.3) is 10.4 Å². The number of piperidine rings is 1. The number of nitrogens with one attached hydrogen (secondary N) is 1. The maximum atomic E-state index is 13.0. The molecule has 12 heteroatoms. The van der Waals surface area contributed by atoms with E-state index in [1.807, 2.05) is 26.8 Å². The summed E-state index contributed by atoms with van der Waals surface area (Å²) in [6, 6.07) is 4.74. The summed E-state index contributed by atoms with van der Waals surface area (Å²) in [5.41, 5.74) is 10.2. The number of benzene rings is 1. The van der Waals surface area contributed by atoms with E-state index in [1.54, 1.807) is 17.0 Å². The Morgan fingerprint density at radius 2 is 1.93 bits per heavy atom. The molecule has 230 valence electrons. The molecule has 2 fully saturated rings. The summed E-state index contributed by atoms with van der Waals surface area (Å²) in [4.78, 5) is 56.0. The summed E-state index contributed by atoms with van der Waals surface area (Å²) in [5.74, 6) is 5.29. The monoisotopic (exact) mass is 592 g/mol. The number of azide groups is 1. The molecule has 1 aromatic rings. The summed E-state index contributed by atoms with van der Waals surface area (Å²) in [6.07, 6.45) is 4.35. The highest BCUT2D eigenvalue weighted by Crippen LogP contribution is 2.30. The van der Waals surface area contributed by atoms with Gasteiger partial charge in [-0.2, -0.15) is 0 Å². The zero-order valence-electron chi connectivity index (χ0n) is 25.1. The van der Waals surface area contributed by atoms with E-state index < -0.39 is 17.6 Å². The fourth-order valence-electron chi connectivity index (χ4n) is 5.72. The minimum atomic E-state index is -0.661. The zero-order valence-corrected chi connectivity index (χ0v) is 25.1. The lowest BCUT2D eigenvalue weighted by molar-refractivity contribution is -0.136. The zero-order chi connectivity index (χ0) is 31.0. The average molecular weight is 593 g/mol. The largest absolute Gasteiger partial charge is 0.444 e. The van der Waals surface area contributed by atoms with Gasteiger partial charge in [-0.15, -0.1) is 0 Å². The van der Waals surface area contributed by atoms with Crippen molar-refractivity contribution in [2.24, 2.45) is 5.11 Å². The van der Waals surface area contributed by atoms with Crippen LogP contribution < -0.4 is 5.32 Å². The number of nitrogens with zero attached hydrogens (tertiary/aromatic N) is 5. The van der Waals surface area contributed by atoms with Crippen LogP contribution in [0.2, 0.25) is 0 Å². The van der Waals surface area contributed by atoms with E-state index >= 15 is 0 Å². The van der Waals surface area contributed by atoms with E-state index in [2.05, 4.69) is 27.2 Å². The van der Waals surface area contributed by atoms with Crippen molar-refractivity contribution in [3.63, 3.8) is 0 Å². The molecule has 1 atom stereocenters. The Morgan fingerprint density at radius 1 is 1.16 bits per heavy atom. The van der Waals surface area contributed by atoms with Gasteiger partial charge in [0.15, 0.2) is 0 Å². The second-order valence-corrected chi connectivity index (χ2v) is 12.1. The smallest absolute Gasteiger partial charge is 0.410 e. The Morgan fingerprint density at radius 3 is 2.63 bits per heavy atom. The highest BCUT2D eigenvalue weighted by atomic mass is 16.6. The molecule has 4 amide bonds. The summed E-state index contributed by atoms with van der Waals surface area (Å²) >= 11 is 0. The Balaban J connectivity index is 1.24. The van der Waals surface area contributed by atoms with Crippen LogP contribution >= 0.6 is 0 Å². The van der Waals surface area contributed by atoms with Crippen LogP contribution in [0, 0.1) is 11.8 Å². The molecule has 1 N–H and O–H groups in total. The van der Waals surface area contributed by atoms with Crippen molar-refractivity contribution in [2.45, 2.75) is 102 Å². The SMILES string of the molecule is CC(C)(C)OC(=O)N(CCCOCCC#Cc1cccc2c1CN(C1CCC(=O)NC1=O)C2=O)[C@H]1CC[C@@H](N=[N+]=[N-])CC1. The van der Waals surface area contributed by atoms with Crippen LogP contribution in [0.5, 0.6) is 0 Å². The van der Waals surface area contributed by atoms with Crippen molar-refractivity contribution in [2.75, 3.05) is 19.8 Å². The molecule has 1 saturated heterocycles. The third kappa shape index (κ3) is 8.49. The molecule has 1 aliphatic carbocycles. The highest BCUT2D eigenvalue weighted by molar-refractivity contribution is 6.05. The molecule has 0 bridgehead atoms. The molecule has 1 aromatic carbocycles. The molecule has 4 rings (SSSR count). The molecule has 0 radical (unpaired) electrons. The highest BCUT2D eigenvalue weighted by Gasteiger charge is 2.39. The lowest BCUT2D eigenvalue weighted by Crippen LogP contribution is -2.52. The maximum Gasteiger partial charge on any atom is 0.410 e. The van der Waals surface area contributed by atoms with Crippen molar-refractivity contribution in [3.05, 3.63) is 45.3 Å². The number of fused-ring (bicyclic) bond motifs is 1. The summed E-state index contributed by atoms with van der Waals surface area (Å²) in [6.45, 7) is 7.22. The summed E-state index contributed by atoms with van der Waals surface area (Å²) in [5, 5.41) is 6.15. The lowest BCUT2D eigenvalue weighted by atomic mass is 9.90.